The second-order valence-electron chi connectivity index (χ2n) is 7.22. The van der Waals surface area contributed by atoms with Gasteiger partial charge in [-0.15, -0.1) is 0 Å². The summed E-state index contributed by atoms with van der Waals surface area (Å²) in [6.45, 7) is 0.886. The van der Waals surface area contributed by atoms with Gasteiger partial charge in [-0.25, -0.2) is 4.39 Å². The van der Waals surface area contributed by atoms with Gasteiger partial charge < -0.3 is 4.90 Å². The molecule has 1 atom stereocenters. The van der Waals surface area contributed by atoms with E-state index < -0.39 is 35.5 Å². The number of azide groups is 1. The van der Waals surface area contributed by atoms with Crippen molar-refractivity contribution < 1.29 is 23.6 Å². The van der Waals surface area contributed by atoms with Crippen molar-refractivity contribution in [2.75, 3.05) is 18.0 Å². The Morgan fingerprint density at radius 1 is 1.07 bits per heavy atom. The largest absolute Gasteiger partial charge is 0.369 e. The lowest BCUT2D eigenvalue weighted by Gasteiger charge is -2.32. The quantitative estimate of drug-likeness (QED) is 0.355. The molecule has 3 heterocycles. The maximum atomic E-state index is 14.7. The number of hydrogen-bond acceptors (Lipinski definition) is 6. The number of anilines is 1. The maximum absolute atomic E-state index is 14.7. The number of carbonyl (C=O) groups is 4. The monoisotopic (exact) mass is 400 g/mol. The third-order valence-electron chi connectivity index (χ3n) is 5.53. The molecular weight excluding hydrogens is 383 g/mol. The molecule has 0 radical (unpaired) electrons. The summed E-state index contributed by atoms with van der Waals surface area (Å²) in [6, 6.07) is 1.12. The molecule has 3 aliphatic heterocycles. The predicted molar refractivity (Wildman–Crippen MR) is 97.5 cm³/mol. The molecule has 0 aromatic heterocycles. The number of imide groups is 2. The number of fused-ring (bicyclic) bond motifs is 1. The summed E-state index contributed by atoms with van der Waals surface area (Å²) in [4.78, 5) is 54.4. The first-order chi connectivity index (χ1) is 13.9. The van der Waals surface area contributed by atoms with Crippen molar-refractivity contribution in [2.45, 2.75) is 37.8 Å². The van der Waals surface area contributed by atoms with Gasteiger partial charge >= 0.3 is 0 Å². The van der Waals surface area contributed by atoms with Crippen LogP contribution in [0.3, 0.4) is 0 Å². The number of amides is 4. The third-order valence-corrected chi connectivity index (χ3v) is 5.53. The highest BCUT2D eigenvalue weighted by atomic mass is 19.1. The number of nitrogens with zero attached hydrogens (tertiary/aromatic N) is 5. The van der Waals surface area contributed by atoms with Crippen LogP contribution in [0.2, 0.25) is 0 Å². The topological polar surface area (TPSA) is 136 Å². The first-order valence-electron chi connectivity index (χ1n) is 9.25. The first kappa shape index (κ1) is 18.9. The van der Waals surface area contributed by atoms with Crippen LogP contribution in [-0.2, 0) is 9.59 Å². The van der Waals surface area contributed by atoms with E-state index in [0.717, 1.165) is 11.0 Å². The number of halogens is 1. The van der Waals surface area contributed by atoms with Gasteiger partial charge in [0.1, 0.15) is 11.9 Å². The summed E-state index contributed by atoms with van der Waals surface area (Å²) >= 11 is 0. The van der Waals surface area contributed by atoms with E-state index in [4.69, 9.17) is 5.53 Å². The van der Waals surface area contributed by atoms with E-state index in [1.165, 1.54) is 6.07 Å². The molecule has 10 nitrogen and oxygen atoms in total. The number of nitrogens with one attached hydrogen (secondary N) is 1. The van der Waals surface area contributed by atoms with Gasteiger partial charge in [0.15, 0.2) is 0 Å². The highest BCUT2D eigenvalue weighted by Gasteiger charge is 2.45. The molecule has 4 amide bonds. The number of rotatable bonds is 3. The normalized spacial score (nSPS) is 22.4. The zero-order valence-electron chi connectivity index (χ0n) is 15.3. The summed E-state index contributed by atoms with van der Waals surface area (Å²) in [5, 5.41) is 5.80. The molecule has 3 aliphatic rings. The van der Waals surface area contributed by atoms with E-state index in [-0.39, 0.29) is 35.7 Å². The van der Waals surface area contributed by atoms with E-state index >= 15 is 0 Å². The van der Waals surface area contributed by atoms with Crippen molar-refractivity contribution in [1.29, 1.82) is 0 Å². The smallest absolute Gasteiger partial charge is 0.262 e. The molecular formula is C18H17FN6O4. The van der Waals surface area contributed by atoms with E-state index in [2.05, 4.69) is 15.3 Å². The molecule has 1 unspecified atom stereocenters. The number of piperidine rings is 2. The maximum Gasteiger partial charge on any atom is 0.262 e. The van der Waals surface area contributed by atoms with Gasteiger partial charge in [0.25, 0.3) is 11.8 Å². The van der Waals surface area contributed by atoms with Gasteiger partial charge in [0.2, 0.25) is 11.8 Å². The Labute approximate surface area is 164 Å². The van der Waals surface area contributed by atoms with Gasteiger partial charge in [-0.2, -0.15) is 0 Å². The van der Waals surface area contributed by atoms with Crippen LogP contribution >= 0.6 is 0 Å². The van der Waals surface area contributed by atoms with Crippen LogP contribution in [0.4, 0.5) is 10.1 Å². The fourth-order valence-electron chi connectivity index (χ4n) is 4.02. The van der Waals surface area contributed by atoms with E-state index in [0.29, 0.717) is 25.9 Å². The van der Waals surface area contributed by atoms with Crippen molar-refractivity contribution >= 4 is 29.3 Å². The van der Waals surface area contributed by atoms with Crippen molar-refractivity contribution in [2.24, 2.45) is 5.11 Å². The second-order valence-corrected chi connectivity index (χ2v) is 7.22. The molecule has 0 bridgehead atoms. The minimum absolute atomic E-state index is 0.0174. The van der Waals surface area contributed by atoms with Crippen LogP contribution < -0.4 is 10.2 Å². The predicted octanol–water partition coefficient (Wildman–Crippen LogP) is 1.51. The van der Waals surface area contributed by atoms with Crippen molar-refractivity contribution in [3.8, 4) is 0 Å². The minimum atomic E-state index is -1.09. The molecule has 1 N–H and O–H groups in total. The number of hydrogen-bond donors (Lipinski definition) is 1. The van der Waals surface area contributed by atoms with Crippen LogP contribution in [-0.4, -0.2) is 53.7 Å². The third kappa shape index (κ3) is 3.19. The van der Waals surface area contributed by atoms with Crippen LogP contribution in [0.5, 0.6) is 0 Å². The SMILES string of the molecule is [N-]=[N+]=NC1CCN(c2cc3c(cc2F)C(=O)N(C2CCC(=O)NC2=O)C3=O)CC1. The Morgan fingerprint density at radius 2 is 1.72 bits per heavy atom. The lowest BCUT2D eigenvalue weighted by atomic mass is 10.0. The Kier molecular flexibility index (Phi) is 4.67. The highest BCUT2D eigenvalue weighted by molar-refractivity contribution is 6.23. The summed E-state index contributed by atoms with van der Waals surface area (Å²) in [5.41, 5.74) is 8.67. The Morgan fingerprint density at radius 3 is 2.34 bits per heavy atom. The Hall–Kier alpha value is -3.46. The Bertz CT molecular complexity index is 981. The average molecular weight is 400 g/mol. The molecule has 2 fully saturated rings. The van der Waals surface area contributed by atoms with Gasteiger partial charge in [-0.1, -0.05) is 5.11 Å². The van der Waals surface area contributed by atoms with Crippen molar-refractivity contribution in [3.05, 3.63) is 39.5 Å². The van der Waals surface area contributed by atoms with E-state index in [9.17, 15) is 23.6 Å². The molecule has 0 saturated carbocycles. The lowest BCUT2D eigenvalue weighted by molar-refractivity contribution is -0.136. The van der Waals surface area contributed by atoms with E-state index in [1.54, 1.807) is 4.90 Å². The molecule has 1 aromatic carbocycles. The average Bonchev–Trinajstić information content (AvgIpc) is 2.92. The molecule has 29 heavy (non-hydrogen) atoms. The second kappa shape index (κ2) is 7.17. The van der Waals surface area contributed by atoms with Crippen LogP contribution in [0.1, 0.15) is 46.4 Å². The standard InChI is InChI=1S/C18H17FN6O4/c19-12-7-10-11(8-14(12)24-5-3-9(4-6-24)22-23-20)18(29)25(17(10)28)13-1-2-15(26)21-16(13)27/h7-9,13H,1-6H2,(H,21,26,27). The minimum Gasteiger partial charge on any atom is -0.369 e. The van der Waals surface area contributed by atoms with E-state index in [1.807, 2.05) is 0 Å². The van der Waals surface area contributed by atoms with Gasteiger partial charge in [0.05, 0.1) is 16.8 Å². The Balaban J connectivity index is 1.61. The molecule has 4 rings (SSSR count). The summed E-state index contributed by atoms with van der Waals surface area (Å²) in [6.07, 6.45) is 1.16. The fraction of sp³-hybridized carbons (Fsp3) is 0.444. The molecule has 1 aromatic rings. The zero-order valence-corrected chi connectivity index (χ0v) is 15.3. The molecule has 0 aliphatic carbocycles. The first-order valence-corrected chi connectivity index (χ1v) is 9.25. The molecule has 150 valence electrons. The fourth-order valence-corrected chi connectivity index (χ4v) is 4.02. The molecule has 11 heteroatoms. The van der Waals surface area contributed by atoms with Gasteiger partial charge in [-0.3, -0.25) is 29.4 Å². The zero-order chi connectivity index (χ0) is 20.7. The van der Waals surface area contributed by atoms with Gasteiger partial charge in [-0.05, 0) is 36.9 Å². The highest BCUT2D eigenvalue weighted by Crippen LogP contribution is 2.33. The van der Waals surface area contributed by atoms with Crippen LogP contribution in [0.25, 0.3) is 10.4 Å². The van der Waals surface area contributed by atoms with Gasteiger partial charge in [0, 0.05) is 30.5 Å². The number of carbonyl (C=O) groups excluding carboxylic acids is 4. The van der Waals surface area contributed by atoms with Crippen LogP contribution in [0, 0.1) is 5.82 Å². The lowest BCUT2D eigenvalue weighted by Crippen LogP contribution is -2.54. The van der Waals surface area contributed by atoms with Crippen LogP contribution in [0.15, 0.2) is 17.2 Å². The summed E-state index contributed by atoms with van der Waals surface area (Å²) in [7, 11) is 0. The molecule has 0 spiro atoms. The molecule has 2 saturated heterocycles. The van der Waals surface area contributed by atoms with Crippen molar-refractivity contribution in [3.63, 3.8) is 0 Å². The summed E-state index contributed by atoms with van der Waals surface area (Å²) < 4.78 is 14.7. The summed E-state index contributed by atoms with van der Waals surface area (Å²) in [5.74, 6) is -3.23. The number of benzene rings is 1. The van der Waals surface area contributed by atoms with Crippen molar-refractivity contribution in [1.82, 2.24) is 10.2 Å².